The molecular formula is C10H12BrClO. The van der Waals surface area contributed by atoms with Gasteiger partial charge in [-0.3, -0.25) is 4.79 Å². The number of rotatable bonds is 2. The van der Waals surface area contributed by atoms with E-state index in [9.17, 15) is 4.79 Å². The Morgan fingerprint density at radius 2 is 1.77 bits per heavy atom. The van der Waals surface area contributed by atoms with Gasteiger partial charge in [0.05, 0.1) is 5.33 Å². The normalized spacial score (nSPS) is 8.62. The van der Waals surface area contributed by atoms with Crippen LogP contribution in [-0.2, 0) is 0 Å². The van der Waals surface area contributed by atoms with E-state index < -0.39 is 0 Å². The van der Waals surface area contributed by atoms with E-state index in [4.69, 9.17) is 11.6 Å². The summed E-state index contributed by atoms with van der Waals surface area (Å²) in [5.41, 5.74) is 0.686. The third kappa shape index (κ3) is 4.44. The molecule has 3 heteroatoms. The largest absolute Gasteiger partial charge is 0.293 e. The molecule has 0 radical (unpaired) electrons. The van der Waals surface area contributed by atoms with Gasteiger partial charge in [0.1, 0.15) is 0 Å². The maximum Gasteiger partial charge on any atom is 0.173 e. The first-order valence-corrected chi connectivity index (χ1v) is 5.58. The number of ketones is 1. The van der Waals surface area contributed by atoms with Crippen molar-refractivity contribution in [2.45, 2.75) is 13.8 Å². The van der Waals surface area contributed by atoms with Crippen molar-refractivity contribution < 1.29 is 4.79 Å². The summed E-state index contributed by atoms with van der Waals surface area (Å²) >= 11 is 8.72. The average molecular weight is 264 g/mol. The molecule has 13 heavy (non-hydrogen) atoms. The fourth-order valence-corrected chi connectivity index (χ4v) is 1.16. The second kappa shape index (κ2) is 7.10. The van der Waals surface area contributed by atoms with Gasteiger partial charge in [0.15, 0.2) is 5.78 Å². The van der Waals surface area contributed by atoms with Gasteiger partial charge in [-0.05, 0) is 24.3 Å². The lowest BCUT2D eigenvalue weighted by atomic mass is 10.2. The number of carbonyl (C=O) groups is 1. The fourth-order valence-electron chi connectivity index (χ4n) is 0.713. The Kier molecular flexibility index (Phi) is 6.92. The van der Waals surface area contributed by atoms with Crippen LogP contribution in [0, 0.1) is 0 Å². The predicted molar refractivity (Wildman–Crippen MR) is 60.9 cm³/mol. The van der Waals surface area contributed by atoms with E-state index in [1.165, 1.54) is 0 Å². The molecule has 0 saturated heterocycles. The molecular weight excluding hydrogens is 251 g/mol. The van der Waals surface area contributed by atoms with Crippen LogP contribution in [0.1, 0.15) is 24.2 Å². The molecule has 0 heterocycles. The van der Waals surface area contributed by atoms with E-state index in [2.05, 4.69) is 15.9 Å². The molecule has 1 aromatic rings. The van der Waals surface area contributed by atoms with Crippen molar-refractivity contribution in [1.29, 1.82) is 0 Å². The van der Waals surface area contributed by atoms with Gasteiger partial charge in [0.25, 0.3) is 0 Å². The Hall–Kier alpha value is -0.340. The summed E-state index contributed by atoms with van der Waals surface area (Å²) in [6.45, 7) is 4.00. The minimum absolute atomic E-state index is 0.0710. The first-order valence-electron chi connectivity index (χ1n) is 4.09. The molecule has 0 aliphatic rings. The Balaban J connectivity index is 0.000000671. The van der Waals surface area contributed by atoms with Crippen LogP contribution in [0.15, 0.2) is 24.3 Å². The van der Waals surface area contributed by atoms with Gasteiger partial charge < -0.3 is 0 Å². The van der Waals surface area contributed by atoms with E-state index in [0.717, 1.165) is 0 Å². The SMILES string of the molecule is CC.O=C(CBr)c1ccc(Cl)cc1. The van der Waals surface area contributed by atoms with Crippen molar-refractivity contribution in [2.75, 3.05) is 5.33 Å². The quantitative estimate of drug-likeness (QED) is 0.583. The summed E-state index contributed by atoms with van der Waals surface area (Å²) in [7, 11) is 0. The summed E-state index contributed by atoms with van der Waals surface area (Å²) < 4.78 is 0. The second-order valence-electron chi connectivity index (χ2n) is 2.06. The van der Waals surface area contributed by atoms with Crippen LogP contribution < -0.4 is 0 Å². The predicted octanol–water partition coefficient (Wildman–Crippen LogP) is 3.94. The summed E-state index contributed by atoms with van der Waals surface area (Å²) in [5, 5.41) is 1.00. The van der Waals surface area contributed by atoms with Crippen molar-refractivity contribution in [1.82, 2.24) is 0 Å². The zero-order valence-electron chi connectivity index (χ0n) is 7.68. The van der Waals surface area contributed by atoms with Gasteiger partial charge in [-0.1, -0.05) is 41.4 Å². The van der Waals surface area contributed by atoms with E-state index in [0.29, 0.717) is 15.9 Å². The molecule has 0 bridgehead atoms. The Morgan fingerprint density at radius 1 is 1.31 bits per heavy atom. The van der Waals surface area contributed by atoms with Crippen LogP contribution in [-0.4, -0.2) is 11.1 Å². The minimum Gasteiger partial charge on any atom is -0.293 e. The summed E-state index contributed by atoms with van der Waals surface area (Å²) in [5.74, 6) is 0.0710. The van der Waals surface area contributed by atoms with Gasteiger partial charge in [-0.15, -0.1) is 0 Å². The third-order valence-electron chi connectivity index (χ3n) is 1.29. The van der Waals surface area contributed by atoms with Crippen LogP contribution in [0.2, 0.25) is 5.02 Å². The molecule has 0 amide bonds. The second-order valence-corrected chi connectivity index (χ2v) is 3.06. The number of hydrogen-bond donors (Lipinski definition) is 0. The molecule has 1 aromatic carbocycles. The molecule has 0 aliphatic heterocycles. The summed E-state index contributed by atoms with van der Waals surface area (Å²) in [6, 6.07) is 6.84. The Bertz CT molecular complexity index is 256. The first kappa shape index (κ1) is 12.7. The highest BCUT2D eigenvalue weighted by Crippen LogP contribution is 2.10. The zero-order chi connectivity index (χ0) is 10.3. The molecule has 0 N–H and O–H groups in total. The standard InChI is InChI=1S/C8H6BrClO.C2H6/c9-5-8(11)6-1-3-7(10)4-2-6;1-2/h1-4H,5H2;1-2H3. The van der Waals surface area contributed by atoms with Crippen molar-refractivity contribution in [2.24, 2.45) is 0 Å². The maximum atomic E-state index is 11.0. The smallest absolute Gasteiger partial charge is 0.173 e. The molecule has 0 aromatic heterocycles. The number of benzene rings is 1. The molecule has 72 valence electrons. The van der Waals surface area contributed by atoms with Crippen LogP contribution in [0.5, 0.6) is 0 Å². The molecule has 0 saturated carbocycles. The number of Topliss-reactive ketones (excluding diaryl/α,β-unsaturated/α-hetero) is 1. The van der Waals surface area contributed by atoms with Crippen LogP contribution >= 0.6 is 27.5 Å². The minimum atomic E-state index is 0.0710. The molecule has 0 aliphatic carbocycles. The van der Waals surface area contributed by atoms with Gasteiger partial charge in [0, 0.05) is 10.6 Å². The average Bonchev–Trinajstić information content (AvgIpc) is 2.21. The Labute approximate surface area is 92.2 Å². The fraction of sp³-hybridized carbons (Fsp3) is 0.300. The highest BCUT2D eigenvalue weighted by Gasteiger charge is 2.01. The van der Waals surface area contributed by atoms with Gasteiger partial charge in [0.2, 0.25) is 0 Å². The maximum absolute atomic E-state index is 11.0. The van der Waals surface area contributed by atoms with Crippen LogP contribution in [0.3, 0.4) is 0 Å². The van der Waals surface area contributed by atoms with Crippen molar-refractivity contribution in [3.8, 4) is 0 Å². The highest BCUT2D eigenvalue weighted by molar-refractivity contribution is 9.09. The number of alkyl halides is 1. The first-order chi connectivity index (χ1) is 6.24. The number of hydrogen-bond acceptors (Lipinski definition) is 1. The topological polar surface area (TPSA) is 17.1 Å². The molecule has 1 nitrogen and oxygen atoms in total. The lowest BCUT2D eigenvalue weighted by molar-refractivity contribution is 0.102. The number of halogens is 2. The van der Waals surface area contributed by atoms with Gasteiger partial charge in [-0.2, -0.15) is 0 Å². The van der Waals surface area contributed by atoms with E-state index in [1.807, 2.05) is 13.8 Å². The monoisotopic (exact) mass is 262 g/mol. The molecule has 0 fully saturated rings. The molecule has 0 spiro atoms. The highest BCUT2D eigenvalue weighted by atomic mass is 79.9. The summed E-state index contributed by atoms with van der Waals surface area (Å²) in [4.78, 5) is 11.0. The molecule has 0 atom stereocenters. The third-order valence-corrected chi connectivity index (χ3v) is 2.05. The van der Waals surface area contributed by atoms with Crippen molar-refractivity contribution in [3.05, 3.63) is 34.9 Å². The molecule has 0 unspecified atom stereocenters. The lowest BCUT2D eigenvalue weighted by Crippen LogP contribution is -1.98. The number of carbonyl (C=O) groups excluding carboxylic acids is 1. The van der Waals surface area contributed by atoms with Gasteiger partial charge in [-0.25, -0.2) is 0 Å². The summed E-state index contributed by atoms with van der Waals surface area (Å²) in [6.07, 6.45) is 0. The van der Waals surface area contributed by atoms with E-state index in [-0.39, 0.29) is 5.78 Å². The van der Waals surface area contributed by atoms with Gasteiger partial charge >= 0.3 is 0 Å². The van der Waals surface area contributed by atoms with Crippen molar-refractivity contribution in [3.63, 3.8) is 0 Å². The van der Waals surface area contributed by atoms with E-state index >= 15 is 0 Å². The lowest BCUT2D eigenvalue weighted by Gasteiger charge is -1.95. The van der Waals surface area contributed by atoms with Crippen molar-refractivity contribution >= 4 is 33.3 Å². The Morgan fingerprint density at radius 3 is 2.15 bits per heavy atom. The van der Waals surface area contributed by atoms with Crippen LogP contribution in [0.4, 0.5) is 0 Å². The molecule has 1 rings (SSSR count). The van der Waals surface area contributed by atoms with E-state index in [1.54, 1.807) is 24.3 Å². The zero-order valence-corrected chi connectivity index (χ0v) is 10.0. The van der Waals surface area contributed by atoms with Crippen LogP contribution in [0.25, 0.3) is 0 Å².